The van der Waals surface area contributed by atoms with Gasteiger partial charge in [-0.1, -0.05) is 0 Å². The molecule has 0 aromatic carbocycles. The number of nitrogens with zero attached hydrogens (tertiary/aromatic N) is 1. The van der Waals surface area contributed by atoms with Gasteiger partial charge in [-0.25, -0.2) is 0 Å². The van der Waals surface area contributed by atoms with Crippen LogP contribution >= 0.6 is 0 Å². The highest BCUT2D eigenvalue weighted by atomic mass is 15.0. The molecule has 6 heavy (non-hydrogen) atoms. The highest BCUT2D eigenvalue weighted by molar-refractivity contribution is 4.89. The predicted molar refractivity (Wildman–Crippen MR) is 25.7 cm³/mol. The van der Waals surface area contributed by atoms with Gasteiger partial charge in [0.1, 0.15) is 0 Å². The van der Waals surface area contributed by atoms with E-state index in [-0.39, 0.29) is 0 Å². The van der Waals surface area contributed by atoms with Gasteiger partial charge in [-0.2, -0.15) is 0 Å². The Morgan fingerprint density at radius 1 is 1.50 bits per heavy atom. The highest BCUT2D eigenvalue weighted by Crippen LogP contribution is 1.58. The van der Waals surface area contributed by atoms with Crippen LogP contribution < -0.4 is 5.73 Å². The fraction of sp³-hybridized carbons (Fsp3) is 0.500. The smallest absolute Gasteiger partial charge is 0.0297 e. The zero-order valence-electron chi connectivity index (χ0n) is 4.02. The van der Waals surface area contributed by atoms with E-state index in [1.807, 2.05) is 14.1 Å². The van der Waals surface area contributed by atoms with Crippen molar-refractivity contribution in [3.05, 3.63) is 0 Å². The summed E-state index contributed by atoms with van der Waals surface area (Å²) in [5, 5.41) is 0. The zero-order chi connectivity index (χ0) is 4.99. The molecule has 2 nitrogen and oxygen atoms in total. The van der Waals surface area contributed by atoms with Crippen molar-refractivity contribution in [2.24, 2.45) is 5.73 Å². The number of hydrogen-bond acceptors (Lipinski definition) is 2. The van der Waals surface area contributed by atoms with Crippen LogP contribution in [0.3, 0.4) is 0 Å². The van der Waals surface area contributed by atoms with Gasteiger partial charge in [0.25, 0.3) is 0 Å². The molecule has 0 spiro atoms. The first kappa shape index (κ1) is 5.16. The lowest BCUT2D eigenvalue weighted by Crippen LogP contribution is -2.01. The molecule has 0 aliphatic heterocycles. The Labute approximate surface area is 37.9 Å². The summed E-state index contributed by atoms with van der Waals surface area (Å²) in [6.07, 6.45) is 0. The minimum absolute atomic E-state index is 1.69. The minimum atomic E-state index is 1.69. The molecule has 0 aliphatic rings. The lowest BCUT2D eigenvalue weighted by Gasteiger charge is -1.94. The second-order valence-electron chi connectivity index (χ2n) is 1.15. The zero-order valence-corrected chi connectivity index (χ0v) is 4.02. The molecular weight excluding hydrogens is 76.1 g/mol. The second-order valence-corrected chi connectivity index (χ2v) is 1.15. The van der Waals surface area contributed by atoms with Crippen LogP contribution in [0.15, 0.2) is 0 Å². The molecule has 0 amide bonds. The van der Waals surface area contributed by atoms with Crippen LogP contribution in [0.5, 0.6) is 0 Å². The largest absolute Gasteiger partial charge is 0.358 e. The molecule has 0 aromatic heterocycles. The van der Waals surface area contributed by atoms with E-state index in [0.717, 1.165) is 0 Å². The second kappa shape index (κ2) is 2.40. The highest BCUT2D eigenvalue weighted by Gasteiger charge is 1.65. The molecule has 0 heterocycles. The third-order valence-electron chi connectivity index (χ3n) is 0.288. The van der Waals surface area contributed by atoms with Gasteiger partial charge in [0.15, 0.2) is 0 Å². The summed E-state index contributed by atoms with van der Waals surface area (Å²) in [5.74, 6) is 0. The first-order valence-corrected chi connectivity index (χ1v) is 1.66. The van der Waals surface area contributed by atoms with Gasteiger partial charge in [-0.05, 0) is 0 Å². The fourth-order valence-electron chi connectivity index (χ4n) is 0.129. The number of nitrogens with two attached hydrogens (primary N) is 1. The van der Waals surface area contributed by atoms with Gasteiger partial charge in [0.05, 0.1) is 0 Å². The van der Waals surface area contributed by atoms with Crippen molar-refractivity contribution in [1.82, 2.24) is 4.90 Å². The van der Waals surface area contributed by atoms with Gasteiger partial charge in [-0.15, -0.1) is 0 Å². The maximum absolute atomic E-state index is 4.83. The maximum Gasteiger partial charge on any atom is 0.0297 e. The van der Waals surface area contributed by atoms with E-state index in [2.05, 4.69) is 12.1 Å². The third kappa shape index (κ3) is 3.16. The molecule has 0 aliphatic carbocycles. The fourth-order valence-corrected chi connectivity index (χ4v) is 0.129. The van der Waals surface area contributed by atoms with Crippen LogP contribution in [-0.4, -0.2) is 19.0 Å². The van der Waals surface area contributed by atoms with E-state index in [9.17, 15) is 0 Å². The summed E-state index contributed by atoms with van der Waals surface area (Å²) in [5.41, 5.74) is 4.83. The lowest BCUT2D eigenvalue weighted by molar-refractivity contribution is 0.597. The molecule has 0 saturated heterocycles. The Morgan fingerprint density at radius 3 is 2.00 bits per heavy atom. The Morgan fingerprint density at radius 2 is 2.00 bits per heavy atom. The topological polar surface area (TPSA) is 29.3 Å². The van der Waals surface area contributed by atoms with Crippen molar-refractivity contribution >= 4 is 0 Å². The molecular formula is C4H8N2. The average molecular weight is 84.1 g/mol. The molecule has 0 radical (unpaired) electrons. The predicted octanol–water partition coefficient (Wildman–Crippen LogP) is -0.575. The van der Waals surface area contributed by atoms with E-state index in [0.29, 0.717) is 0 Å². The minimum Gasteiger partial charge on any atom is -0.358 e. The van der Waals surface area contributed by atoms with Gasteiger partial charge in [0, 0.05) is 26.2 Å². The van der Waals surface area contributed by atoms with Crippen LogP contribution in [0.25, 0.3) is 0 Å². The van der Waals surface area contributed by atoms with Crippen LogP contribution in [0.1, 0.15) is 0 Å². The van der Waals surface area contributed by atoms with E-state index in [4.69, 9.17) is 5.73 Å². The van der Waals surface area contributed by atoms with Crippen LogP contribution in [0.4, 0.5) is 0 Å². The normalized spacial score (nSPS) is 5.67. The Bertz CT molecular complexity index is 75.3. The lowest BCUT2D eigenvalue weighted by atomic mass is 10.9. The van der Waals surface area contributed by atoms with Gasteiger partial charge < -0.3 is 10.6 Å². The summed E-state index contributed by atoms with van der Waals surface area (Å²) in [6.45, 7) is 0. The monoisotopic (exact) mass is 84.1 g/mol. The average Bonchev–Trinajstić information content (AvgIpc) is 1.35. The quantitative estimate of drug-likeness (QED) is 0.314. The summed E-state index contributed by atoms with van der Waals surface area (Å²) in [7, 11) is 3.67. The Kier molecular flexibility index (Phi) is 2.06. The molecule has 0 fully saturated rings. The summed E-state index contributed by atoms with van der Waals surface area (Å²) in [6, 6.07) is 4.81. The van der Waals surface area contributed by atoms with Crippen molar-refractivity contribution in [1.29, 1.82) is 0 Å². The first-order valence-electron chi connectivity index (χ1n) is 1.66. The van der Waals surface area contributed by atoms with Crippen LogP contribution in [0.2, 0.25) is 0 Å². The molecule has 0 rings (SSSR count). The van der Waals surface area contributed by atoms with Crippen LogP contribution in [-0.2, 0) is 0 Å². The molecule has 0 bridgehead atoms. The molecule has 0 aromatic rings. The van der Waals surface area contributed by atoms with E-state index in [1.165, 1.54) is 0 Å². The molecule has 0 saturated carbocycles. The first-order chi connectivity index (χ1) is 2.77. The Balaban J connectivity index is 3.20. The molecule has 2 heteroatoms. The summed E-state index contributed by atoms with van der Waals surface area (Å²) in [4.78, 5) is 1.69. The van der Waals surface area contributed by atoms with Gasteiger partial charge >= 0.3 is 0 Å². The molecule has 34 valence electrons. The number of rotatable bonds is 0. The van der Waals surface area contributed by atoms with Gasteiger partial charge in [0.2, 0.25) is 0 Å². The molecule has 0 atom stereocenters. The van der Waals surface area contributed by atoms with Crippen molar-refractivity contribution < 1.29 is 0 Å². The molecule has 2 N–H and O–H groups in total. The van der Waals surface area contributed by atoms with Crippen molar-refractivity contribution in [2.45, 2.75) is 0 Å². The van der Waals surface area contributed by atoms with E-state index >= 15 is 0 Å². The standard InChI is InChI=1S/C4H8N2/c1-6(2)4-3-5/h5H2,1-2H3. The molecule has 0 unspecified atom stereocenters. The maximum atomic E-state index is 4.83. The SMILES string of the molecule is CN(C)C#CN. The number of hydrogen-bond donors (Lipinski definition) is 1. The third-order valence-corrected chi connectivity index (χ3v) is 0.288. The van der Waals surface area contributed by atoms with E-state index < -0.39 is 0 Å². The summed E-state index contributed by atoms with van der Waals surface area (Å²) >= 11 is 0. The van der Waals surface area contributed by atoms with Gasteiger partial charge in [-0.3, -0.25) is 0 Å². The van der Waals surface area contributed by atoms with Crippen LogP contribution in [0, 0.1) is 12.1 Å². The van der Waals surface area contributed by atoms with Crippen molar-refractivity contribution in [3.8, 4) is 12.1 Å². The van der Waals surface area contributed by atoms with Crippen molar-refractivity contribution in [2.75, 3.05) is 14.1 Å². The Hall–Kier alpha value is -0.840. The van der Waals surface area contributed by atoms with Crippen molar-refractivity contribution in [3.63, 3.8) is 0 Å². The van der Waals surface area contributed by atoms with E-state index in [1.54, 1.807) is 4.90 Å². The summed E-state index contributed by atoms with van der Waals surface area (Å²) < 4.78 is 0.